The van der Waals surface area contributed by atoms with Crippen LogP contribution in [0.15, 0.2) is 120 Å². The molecule has 0 amide bonds. The summed E-state index contributed by atoms with van der Waals surface area (Å²) in [6.45, 7) is 0. The predicted molar refractivity (Wildman–Crippen MR) is 131 cm³/mol. The van der Waals surface area contributed by atoms with Gasteiger partial charge in [0.15, 0.2) is 0 Å². The summed E-state index contributed by atoms with van der Waals surface area (Å²) in [5.74, 6) is 0. The van der Waals surface area contributed by atoms with Crippen LogP contribution >= 0.6 is 15.9 Å². The van der Waals surface area contributed by atoms with E-state index in [1.54, 1.807) is 0 Å². The molecule has 0 aliphatic heterocycles. The lowest BCUT2D eigenvalue weighted by molar-refractivity contribution is 1.74. The van der Waals surface area contributed by atoms with E-state index in [4.69, 9.17) is 0 Å². The van der Waals surface area contributed by atoms with Gasteiger partial charge in [0.1, 0.15) is 0 Å². The van der Waals surface area contributed by atoms with Crippen LogP contribution in [0.5, 0.6) is 0 Å². The van der Waals surface area contributed by atoms with Crippen LogP contribution in [-0.4, -0.2) is 0 Å². The van der Waals surface area contributed by atoms with Crippen LogP contribution in [0.25, 0.3) is 43.1 Å². The van der Waals surface area contributed by atoms with Gasteiger partial charge >= 0.3 is 0 Å². The zero-order valence-electron chi connectivity index (χ0n) is 15.8. The number of halogens is 1. The molecular formula is C28H19Br. The van der Waals surface area contributed by atoms with E-state index in [9.17, 15) is 0 Å². The molecule has 0 saturated carbocycles. The Morgan fingerprint density at radius 2 is 0.724 bits per heavy atom. The highest BCUT2D eigenvalue weighted by atomic mass is 79.9. The van der Waals surface area contributed by atoms with Crippen molar-refractivity contribution in [1.82, 2.24) is 0 Å². The molecule has 0 unspecified atom stereocenters. The Kier molecular flexibility index (Phi) is 4.75. The van der Waals surface area contributed by atoms with Crippen molar-refractivity contribution in [3.05, 3.63) is 120 Å². The normalized spacial score (nSPS) is 10.9. The average molecular weight is 435 g/mol. The Morgan fingerprint density at radius 1 is 0.345 bits per heavy atom. The zero-order valence-corrected chi connectivity index (χ0v) is 17.4. The van der Waals surface area contributed by atoms with Crippen LogP contribution < -0.4 is 0 Å². The van der Waals surface area contributed by atoms with E-state index in [0.29, 0.717) is 0 Å². The highest BCUT2D eigenvalue weighted by molar-refractivity contribution is 9.10. The first-order valence-corrected chi connectivity index (χ1v) is 10.5. The van der Waals surface area contributed by atoms with E-state index in [1.807, 2.05) is 0 Å². The molecule has 0 saturated heterocycles. The first-order chi connectivity index (χ1) is 14.3. The smallest absolute Gasteiger partial charge is 0.0260 e. The van der Waals surface area contributed by atoms with Gasteiger partial charge in [-0.1, -0.05) is 125 Å². The minimum Gasteiger partial charge on any atom is -0.0616 e. The van der Waals surface area contributed by atoms with E-state index in [2.05, 4.69) is 131 Å². The van der Waals surface area contributed by atoms with E-state index in [1.165, 1.54) is 43.1 Å². The topological polar surface area (TPSA) is 0 Å². The summed E-state index contributed by atoms with van der Waals surface area (Å²) in [5.41, 5.74) is 0. The summed E-state index contributed by atoms with van der Waals surface area (Å²) in [6, 6.07) is 40.5. The molecule has 29 heavy (non-hydrogen) atoms. The van der Waals surface area contributed by atoms with Crippen LogP contribution in [0.4, 0.5) is 0 Å². The molecule has 0 radical (unpaired) electrons. The Morgan fingerprint density at radius 3 is 1.28 bits per heavy atom. The molecule has 0 aromatic heterocycles. The molecule has 0 N–H and O–H groups in total. The lowest BCUT2D eigenvalue weighted by Crippen LogP contribution is -1.78. The molecule has 1 heteroatoms. The first kappa shape index (κ1) is 17.9. The molecule has 0 aliphatic rings. The minimum atomic E-state index is 1.16. The third kappa shape index (κ3) is 3.39. The second-order valence-corrected chi connectivity index (χ2v) is 7.99. The van der Waals surface area contributed by atoms with Gasteiger partial charge in [0.05, 0.1) is 0 Å². The van der Waals surface area contributed by atoms with Gasteiger partial charge in [-0.25, -0.2) is 0 Å². The van der Waals surface area contributed by atoms with E-state index in [-0.39, 0.29) is 0 Å². The summed E-state index contributed by atoms with van der Waals surface area (Å²) in [7, 11) is 0. The summed E-state index contributed by atoms with van der Waals surface area (Å²) < 4.78 is 1.16. The van der Waals surface area contributed by atoms with E-state index >= 15 is 0 Å². The van der Waals surface area contributed by atoms with Crippen molar-refractivity contribution < 1.29 is 0 Å². The van der Waals surface area contributed by atoms with Gasteiger partial charge in [0, 0.05) is 4.47 Å². The maximum atomic E-state index is 3.62. The van der Waals surface area contributed by atoms with Crippen molar-refractivity contribution >= 4 is 59.0 Å². The van der Waals surface area contributed by atoms with E-state index < -0.39 is 0 Å². The van der Waals surface area contributed by atoms with Gasteiger partial charge in [0.25, 0.3) is 0 Å². The summed E-state index contributed by atoms with van der Waals surface area (Å²) >= 11 is 3.62. The van der Waals surface area contributed by atoms with Gasteiger partial charge in [-0.05, 0) is 49.2 Å². The molecule has 6 aromatic rings. The Balaban J connectivity index is 0.000000125. The maximum absolute atomic E-state index is 3.62. The molecule has 0 heterocycles. The minimum absolute atomic E-state index is 1.16. The van der Waals surface area contributed by atoms with Crippen molar-refractivity contribution in [2.75, 3.05) is 0 Å². The van der Waals surface area contributed by atoms with Gasteiger partial charge in [-0.3, -0.25) is 0 Å². The second kappa shape index (κ2) is 7.69. The average Bonchev–Trinajstić information content (AvgIpc) is 2.80. The molecule has 0 bridgehead atoms. The van der Waals surface area contributed by atoms with Crippen molar-refractivity contribution in [2.45, 2.75) is 0 Å². The summed E-state index contributed by atoms with van der Waals surface area (Å²) in [5, 5.41) is 10.5. The third-order valence-corrected chi connectivity index (χ3v) is 6.03. The lowest BCUT2D eigenvalue weighted by Gasteiger charge is -2.05. The van der Waals surface area contributed by atoms with Gasteiger partial charge < -0.3 is 0 Å². The number of hydrogen-bond donors (Lipinski definition) is 0. The number of rotatable bonds is 0. The van der Waals surface area contributed by atoms with Crippen LogP contribution in [-0.2, 0) is 0 Å². The summed E-state index contributed by atoms with van der Waals surface area (Å²) in [6.07, 6.45) is 0. The highest BCUT2D eigenvalue weighted by Gasteiger charge is 2.02. The fraction of sp³-hybridized carbons (Fsp3) is 0. The number of fused-ring (bicyclic) bond motifs is 6. The molecule has 6 aromatic carbocycles. The molecule has 0 nitrogen and oxygen atoms in total. The quantitative estimate of drug-likeness (QED) is 0.209. The van der Waals surface area contributed by atoms with Crippen LogP contribution in [0, 0.1) is 0 Å². The molecule has 0 atom stereocenters. The predicted octanol–water partition coefficient (Wildman–Crippen LogP) is 8.75. The Labute approximate surface area is 178 Å². The fourth-order valence-electron chi connectivity index (χ4n) is 3.96. The van der Waals surface area contributed by atoms with Crippen molar-refractivity contribution in [3.63, 3.8) is 0 Å². The lowest BCUT2D eigenvalue weighted by atomic mass is 10.0. The van der Waals surface area contributed by atoms with Crippen molar-refractivity contribution in [1.29, 1.82) is 0 Å². The zero-order chi connectivity index (χ0) is 19.6. The molecule has 0 aliphatic carbocycles. The van der Waals surface area contributed by atoms with Crippen LogP contribution in [0.2, 0.25) is 0 Å². The Hall–Kier alpha value is -3.16. The fourth-order valence-corrected chi connectivity index (χ4v) is 4.56. The maximum Gasteiger partial charge on any atom is 0.0260 e. The highest BCUT2D eigenvalue weighted by Crippen LogP contribution is 2.31. The number of hydrogen-bond acceptors (Lipinski definition) is 0. The van der Waals surface area contributed by atoms with Crippen LogP contribution in [0.3, 0.4) is 0 Å². The van der Waals surface area contributed by atoms with Gasteiger partial charge in [-0.2, -0.15) is 0 Å². The monoisotopic (exact) mass is 434 g/mol. The van der Waals surface area contributed by atoms with Gasteiger partial charge in [0.2, 0.25) is 0 Å². The standard InChI is InChI=1S/C14H9Br.C14H10/c15-14-9-10-5-1-2-6-11(10)12-7-3-4-8-13(12)14;1-3-7-13-11(5-1)9-10-12-6-2-4-8-14(12)13/h1-9H;1-10H. The Bertz CT molecular complexity index is 1410. The molecular weight excluding hydrogens is 416 g/mol. The third-order valence-electron chi connectivity index (χ3n) is 5.37. The number of benzene rings is 6. The van der Waals surface area contributed by atoms with Crippen molar-refractivity contribution in [2.24, 2.45) is 0 Å². The SMILES string of the molecule is Brc1cc2ccccc2c2ccccc12.c1ccc2c(c1)ccc1ccccc12. The van der Waals surface area contributed by atoms with Crippen LogP contribution in [0.1, 0.15) is 0 Å². The summed E-state index contributed by atoms with van der Waals surface area (Å²) in [4.78, 5) is 0. The van der Waals surface area contributed by atoms with E-state index in [0.717, 1.165) is 4.47 Å². The van der Waals surface area contributed by atoms with Gasteiger partial charge in [-0.15, -0.1) is 0 Å². The molecule has 6 rings (SSSR count). The van der Waals surface area contributed by atoms with Crippen molar-refractivity contribution in [3.8, 4) is 0 Å². The largest absolute Gasteiger partial charge is 0.0616 e. The molecule has 0 fully saturated rings. The molecule has 138 valence electrons. The second-order valence-electron chi connectivity index (χ2n) is 7.13. The molecule has 0 spiro atoms. The first-order valence-electron chi connectivity index (χ1n) is 9.74.